The fourth-order valence-corrected chi connectivity index (χ4v) is 3.67. The quantitative estimate of drug-likeness (QED) is 0.921. The first-order valence-electron chi connectivity index (χ1n) is 5.83. The Morgan fingerprint density at radius 3 is 2.94 bits per heavy atom. The van der Waals surface area contributed by atoms with Crippen molar-refractivity contribution in [1.82, 2.24) is 5.32 Å². The molecule has 0 bridgehead atoms. The standard InChI is InChI=1S/C14H12BrNOS/c15-12-5-6-18-13(12)8-16-14(17)11-7-9-3-1-2-4-10(9)11/h1-6,11H,7-8H2,(H,16,17). The molecule has 0 fully saturated rings. The Morgan fingerprint density at radius 2 is 2.22 bits per heavy atom. The molecule has 0 radical (unpaired) electrons. The molecule has 2 aromatic rings. The van der Waals surface area contributed by atoms with Crippen LogP contribution in [0.4, 0.5) is 0 Å². The maximum absolute atomic E-state index is 12.1. The zero-order chi connectivity index (χ0) is 12.5. The van der Waals surface area contributed by atoms with Crippen LogP contribution in [-0.2, 0) is 17.8 Å². The third-order valence-corrected chi connectivity index (χ3v) is 5.21. The number of rotatable bonds is 3. The van der Waals surface area contributed by atoms with Crippen LogP contribution in [0.2, 0.25) is 0 Å². The van der Waals surface area contributed by atoms with Crippen molar-refractivity contribution >= 4 is 33.2 Å². The third-order valence-electron chi connectivity index (χ3n) is 3.29. The van der Waals surface area contributed by atoms with E-state index in [9.17, 15) is 4.79 Å². The topological polar surface area (TPSA) is 29.1 Å². The molecule has 18 heavy (non-hydrogen) atoms. The molecule has 1 atom stereocenters. The van der Waals surface area contributed by atoms with Gasteiger partial charge in [-0.2, -0.15) is 0 Å². The van der Waals surface area contributed by atoms with Gasteiger partial charge in [-0.3, -0.25) is 4.79 Å². The third kappa shape index (κ3) is 2.10. The van der Waals surface area contributed by atoms with E-state index in [1.54, 1.807) is 11.3 Å². The lowest BCUT2D eigenvalue weighted by atomic mass is 9.77. The molecular weight excluding hydrogens is 310 g/mol. The summed E-state index contributed by atoms with van der Waals surface area (Å²) < 4.78 is 1.07. The SMILES string of the molecule is O=C(NCc1sccc1Br)C1Cc2ccccc21. The molecular formula is C14H12BrNOS. The van der Waals surface area contributed by atoms with Crippen LogP contribution in [0, 0.1) is 0 Å². The van der Waals surface area contributed by atoms with Crippen molar-refractivity contribution < 1.29 is 4.79 Å². The van der Waals surface area contributed by atoms with Crippen LogP contribution >= 0.6 is 27.3 Å². The minimum atomic E-state index is 0.0416. The Balaban J connectivity index is 1.63. The highest BCUT2D eigenvalue weighted by Crippen LogP contribution is 2.35. The van der Waals surface area contributed by atoms with Gasteiger partial charge in [-0.25, -0.2) is 0 Å². The van der Waals surface area contributed by atoms with Crippen LogP contribution in [0.5, 0.6) is 0 Å². The molecule has 1 N–H and O–H groups in total. The zero-order valence-electron chi connectivity index (χ0n) is 9.65. The number of carbonyl (C=O) groups is 1. The summed E-state index contributed by atoms with van der Waals surface area (Å²) in [6.07, 6.45) is 0.869. The van der Waals surface area contributed by atoms with Crippen LogP contribution in [0.1, 0.15) is 21.9 Å². The van der Waals surface area contributed by atoms with Gasteiger partial charge in [0, 0.05) is 9.35 Å². The second-order valence-electron chi connectivity index (χ2n) is 4.37. The Bertz CT molecular complexity index is 593. The summed E-state index contributed by atoms with van der Waals surface area (Å²) in [6.45, 7) is 0.607. The molecule has 1 aliphatic carbocycles. The first-order valence-corrected chi connectivity index (χ1v) is 7.50. The second kappa shape index (κ2) is 4.86. The van der Waals surface area contributed by atoms with E-state index in [1.807, 2.05) is 29.6 Å². The number of benzene rings is 1. The molecule has 1 unspecified atom stereocenters. The van der Waals surface area contributed by atoms with Crippen molar-refractivity contribution in [2.24, 2.45) is 0 Å². The van der Waals surface area contributed by atoms with E-state index >= 15 is 0 Å². The maximum atomic E-state index is 12.1. The van der Waals surface area contributed by atoms with Crippen LogP contribution < -0.4 is 5.32 Å². The number of fused-ring (bicyclic) bond motifs is 1. The van der Waals surface area contributed by atoms with Gasteiger partial charge in [0.25, 0.3) is 0 Å². The van der Waals surface area contributed by atoms with Gasteiger partial charge < -0.3 is 5.32 Å². The fraction of sp³-hybridized carbons (Fsp3) is 0.214. The van der Waals surface area contributed by atoms with Crippen molar-refractivity contribution in [3.05, 3.63) is 56.2 Å². The van der Waals surface area contributed by atoms with Crippen molar-refractivity contribution in [2.45, 2.75) is 18.9 Å². The molecule has 1 aromatic heterocycles. The predicted octanol–water partition coefficient (Wildman–Crippen LogP) is 3.47. The van der Waals surface area contributed by atoms with Crippen LogP contribution in [-0.4, -0.2) is 5.91 Å². The second-order valence-corrected chi connectivity index (χ2v) is 6.22. The number of nitrogens with one attached hydrogen (secondary N) is 1. The lowest BCUT2D eigenvalue weighted by Gasteiger charge is -2.28. The van der Waals surface area contributed by atoms with Crippen LogP contribution in [0.25, 0.3) is 0 Å². The molecule has 1 amide bonds. The van der Waals surface area contributed by atoms with E-state index in [1.165, 1.54) is 11.1 Å². The molecule has 4 heteroatoms. The number of hydrogen-bond acceptors (Lipinski definition) is 2. The summed E-state index contributed by atoms with van der Waals surface area (Å²) in [7, 11) is 0. The van der Waals surface area contributed by atoms with Gasteiger partial charge in [0.05, 0.1) is 12.5 Å². The zero-order valence-corrected chi connectivity index (χ0v) is 12.1. The van der Waals surface area contributed by atoms with E-state index in [0.717, 1.165) is 15.8 Å². The normalized spacial score (nSPS) is 16.8. The summed E-state index contributed by atoms with van der Waals surface area (Å²) in [6, 6.07) is 10.2. The largest absolute Gasteiger partial charge is 0.351 e. The first-order chi connectivity index (χ1) is 8.75. The number of carbonyl (C=O) groups excluding carboxylic acids is 1. The van der Waals surface area contributed by atoms with E-state index in [2.05, 4.69) is 27.3 Å². The molecule has 92 valence electrons. The molecule has 1 aliphatic rings. The summed E-state index contributed by atoms with van der Waals surface area (Å²) in [5, 5.41) is 5.03. The first kappa shape index (κ1) is 11.9. The van der Waals surface area contributed by atoms with E-state index in [0.29, 0.717) is 6.54 Å². The maximum Gasteiger partial charge on any atom is 0.228 e. The minimum absolute atomic E-state index is 0.0416. The molecule has 2 nitrogen and oxygen atoms in total. The fourth-order valence-electron chi connectivity index (χ4n) is 2.23. The molecule has 0 aliphatic heterocycles. The van der Waals surface area contributed by atoms with Crippen molar-refractivity contribution in [1.29, 1.82) is 0 Å². The van der Waals surface area contributed by atoms with Gasteiger partial charge in [-0.15, -0.1) is 11.3 Å². The van der Waals surface area contributed by atoms with Crippen molar-refractivity contribution in [2.75, 3.05) is 0 Å². The summed E-state index contributed by atoms with van der Waals surface area (Å²) in [5.41, 5.74) is 2.48. The number of hydrogen-bond donors (Lipinski definition) is 1. The number of thiophene rings is 1. The van der Waals surface area contributed by atoms with Gasteiger partial charge in [0.15, 0.2) is 0 Å². The molecule has 0 saturated carbocycles. The van der Waals surface area contributed by atoms with E-state index in [-0.39, 0.29) is 11.8 Å². The molecule has 3 rings (SSSR count). The Hall–Kier alpha value is -1.13. The highest BCUT2D eigenvalue weighted by molar-refractivity contribution is 9.10. The average molecular weight is 322 g/mol. The Kier molecular flexibility index (Phi) is 3.22. The monoisotopic (exact) mass is 321 g/mol. The molecule has 1 heterocycles. The van der Waals surface area contributed by atoms with Crippen LogP contribution in [0.15, 0.2) is 40.2 Å². The van der Waals surface area contributed by atoms with Gasteiger partial charge in [0.2, 0.25) is 5.91 Å². The van der Waals surface area contributed by atoms with Crippen molar-refractivity contribution in [3.63, 3.8) is 0 Å². The van der Waals surface area contributed by atoms with E-state index in [4.69, 9.17) is 0 Å². The van der Waals surface area contributed by atoms with Gasteiger partial charge in [-0.1, -0.05) is 24.3 Å². The van der Waals surface area contributed by atoms with Gasteiger partial charge in [-0.05, 0) is 44.9 Å². The van der Waals surface area contributed by atoms with Gasteiger partial charge >= 0.3 is 0 Å². The lowest BCUT2D eigenvalue weighted by Crippen LogP contribution is -2.34. The van der Waals surface area contributed by atoms with E-state index < -0.39 is 0 Å². The summed E-state index contributed by atoms with van der Waals surface area (Å²) in [5.74, 6) is 0.175. The highest BCUT2D eigenvalue weighted by Gasteiger charge is 2.31. The molecule has 0 spiro atoms. The highest BCUT2D eigenvalue weighted by atomic mass is 79.9. The minimum Gasteiger partial charge on any atom is -0.351 e. The predicted molar refractivity (Wildman–Crippen MR) is 76.8 cm³/mol. The summed E-state index contributed by atoms with van der Waals surface area (Å²) >= 11 is 5.12. The van der Waals surface area contributed by atoms with Gasteiger partial charge in [0.1, 0.15) is 0 Å². The lowest BCUT2D eigenvalue weighted by molar-refractivity contribution is -0.123. The Morgan fingerprint density at radius 1 is 1.39 bits per heavy atom. The molecule has 1 aromatic carbocycles. The number of amides is 1. The molecule has 0 saturated heterocycles. The smallest absolute Gasteiger partial charge is 0.228 e. The Labute approximate surface area is 118 Å². The van der Waals surface area contributed by atoms with Crippen molar-refractivity contribution in [3.8, 4) is 0 Å². The number of halogens is 1. The average Bonchev–Trinajstić information content (AvgIpc) is 2.74. The van der Waals surface area contributed by atoms with Crippen LogP contribution in [0.3, 0.4) is 0 Å². The summed E-state index contributed by atoms with van der Waals surface area (Å²) in [4.78, 5) is 13.2.